The van der Waals surface area contributed by atoms with Gasteiger partial charge in [0.1, 0.15) is 0 Å². The fraction of sp³-hybridized carbons (Fsp3) is 0.889. The Kier molecular flexibility index (Phi) is 1.95. The zero-order valence-corrected chi connectivity index (χ0v) is 7.42. The molecule has 0 radical (unpaired) electrons. The second-order valence-electron chi connectivity index (χ2n) is 4.35. The van der Waals surface area contributed by atoms with E-state index in [2.05, 4.69) is 20.8 Å². The highest BCUT2D eigenvalue weighted by atomic mass is 16.4. The van der Waals surface area contributed by atoms with Crippen LogP contribution in [-0.2, 0) is 4.79 Å². The summed E-state index contributed by atoms with van der Waals surface area (Å²) in [6, 6.07) is 0. The molecule has 0 bridgehead atoms. The summed E-state index contributed by atoms with van der Waals surface area (Å²) in [5, 5.41) is 8.70. The van der Waals surface area contributed by atoms with Crippen molar-refractivity contribution in [1.29, 1.82) is 0 Å². The minimum Gasteiger partial charge on any atom is -0.481 e. The molecule has 11 heavy (non-hydrogen) atoms. The van der Waals surface area contributed by atoms with E-state index in [1.165, 1.54) is 0 Å². The predicted molar refractivity (Wildman–Crippen MR) is 43.3 cm³/mol. The van der Waals surface area contributed by atoms with Crippen LogP contribution in [0.1, 0.15) is 33.6 Å². The first-order valence-electron chi connectivity index (χ1n) is 4.18. The molecule has 0 heterocycles. The number of carboxylic acids is 1. The van der Waals surface area contributed by atoms with Crippen LogP contribution in [0.15, 0.2) is 0 Å². The fourth-order valence-electron chi connectivity index (χ4n) is 1.95. The lowest BCUT2D eigenvalue weighted by molar-refractivity contribution is -0.139. The van der Waals surface area contributed by atoms with Gasteiger partial charge in [0.15, 0.2) is 0 Å². The molecule has 0 saturated heterocycles. The van der Waals surface area contributed by atoms with Gasteiger partial charge in [0.2, 0.25) is 0 Å². The number of rotatable bonds is 3. The van der Waals surface area contributed by atoms with Crippen LogP contribution in [0.2, 0.25) is 0 Å². The van der Waals surface area contributed by atoms with E-state index >= 15 is 0 Å². The monoisotopic (exact) mass is 156 g/mol. The van der Waals surface area contributed by atoms with Gasteiger partial charge < -0.3 is 5.11 Å². The van der Waals surface area contributed by atoms with Crippen molar-refractivity contribution < 1.29 is 9.90 Å². The molecule has 1 fully saturated rings. The molecule has 0 aromatic heterocycles. The van der Waals surface area contributed by atoms with E-state index in [1.54, 1.807) is 0 Å². The molecule has 0 aromatic carbocycles. The van der Waals surface area contributed by atoms with E-state index in [9.17, 15) is 4.79 Å². The molecule has 2 atom stereocenters. The Labute approximate surface area is 67.6 Å². The molecule has 0 unspecified atom stereocenters. The SMILES string of the molecule is CC(C)C[C@@]1(C)C[C@@H]1C(=O)O. The van der Waals surface area contributed by atoms with Gasteiger partial charge in [-0.1, -0.05) is 20.8 Å². The molecule has 0 aromatic rings. The minimum atomic E-state index is -0.617. The van der Waals surface area contributed by atoms with Crippen LogP contribution >= 0.6 is 0 Å². The molecule has 2 nitrogen and oxygen atoms in total. The van der Waals surface area contributed by atoms with Crippen LogP contribution < -0.4 is 0 Å². The maximum Gasteiger partial charge on any atom is 0.307 e. The van der Waals surface area contributed by atoms with E-state index in [-0.39, 0.29) is 11.3 Å². The van der Waals surface area contributed by atoms with Gasteiger partial charge in [-0.05, 0) is 24.2 Å². The molecule has 2 heteroatoms. The van der Waals surface area contributed by atoms with Crippen molar-refractivity contribution in [3.8, 4) is 0 Å². The maximum absolute atomic E-state index is 10.6. The number of carbonyl (C=O) groups is 1. The third-order valence-electron chi connectivity index (χ3n) is 2.52. The van der Waals surface area contributed by atoms with E-state index in [0.29, 0.717) is 5.92 Å². The van der Waals surface area contributed by atoms with Crippen molar-refractivity contribution >= 4 is 5.97 Å². The Morgan fingerprint density at radius 3 is 2.55 bits per heavy atom. The molecule has 1 aliphatic rings. The summed E-state index contributed by atoms with van der Waals surface area (Å²) >= 11 is 0. The Bertz CT molecular complexity index is 174. The van der Waals surface area contributed by atoms with Gasteiger partial charge in [0, 0.05) is 0 Å². The number of hydrogen-bond acceptors (Lipinski definition) is 1. The van der Waals surface area contributed by atoms with Gasteiger partial charge in [-0.2, -0.15) is 0 Å². The topological polar surface area (TPSA) is 37.3 Å². The zero-order chi connectivity index (χ0) is 8.65. The summed E-state index contributed by atoms with van der Waals surface area (Å²) < 4.78 is 0. The van der Waals surface area contributed by atoms with Crippen LogP contribution in [0.3, 0.4) is 0 Å². The van der Waals surface area contributed by atoms with E-state index in [0.717, 1.165) is 12.8 Å². The summed E-state index contributed by atoms with van der Waals surface area (Å²) in [6.07, 6.45) is 1.92. The van der Waals surface area contributed by atoms with Gasteiger partial charge >= 0.3 is 5.97 Å². The molecule has 0 amide bonds. The standard InChI is InChI=1S/C9H16O2/c1-6(2)4-9(3)5-7(9)8(10)11/h6-7H,4-5H2,1-3H3,(H,10,11)/t7-,9+/m1/s1. The Morgan fingerprint density at radius 2 is 2.27 bits per heavy atom. The van der Waals surface area contributed by atoms with Gasteiger partial charge in [0.25, 0.3) is 0 Å². The smallest absolute Gasteiger partial charge is 0.307 e. The lowest BCUT2D eigenvalue weighted by Gasteiger charge is -2.11. The van der Waals surface area contributed by atoms with Crippen molar-refractivity contribution in [3.63, 3.8) is 0 Å². The van der Waals surface area contributed by atoms with Crippen LogP contribution in [0.5, 0.6) is 0 Å². The summed E-state index contributed by atoms with van der Waals surface area (Å²) in [4.78, 5) is 10.6. The fourth-order valence-corrected chi connectivity index (χ4v) is 1.95. The third-order valence-corrected chi connectivity index (χ3v) is 2.52. The lowest BCUT2D eigenvalue weighted by Crippen LogP contribution is -2.09. The summed E-state index contributed by atoms with van der Waals surface area (Å²) in [6.45, 7) is 6.36. The maximum atomic E-state index is 10.6. The molecule has 0 spiro atoms. The molecule has 1 N–H and O–H groups in total. The first-order valence-corrected chi connectivity index (χ1v) is 4.18. The van der Waals surface area contributed by atoms with Crippen molar-refractivity contribution in [2.75, 3.05) is 0 Å². The van der Waals surface area contributed by atoms with E-state index in [1.807, 2.05) is 0 Å². The summed E-state index contributed by atoms with van der Waals surface area (Å²) in [7, 11) is 0. The minimum absolute atomic E-state index is 0.0649. The normalized spacial score (nSPS) is 35.8. The van der Waals surface area contributed by atoms with Crippen molar-refractivity contribution in [2.24, 2.45) is 17.3 Å². The first-order chi connectivity index (χ1) is 4.96. The Hall–Kier alpha value is -0.530. The Morgan fingerprint density at radius 1 is 1.73 bits per heavy atom. The van der Waals surface area contributed by atoms with Gasteiger partial charge in [-0.15, -0.1) is 0 Å². The molecular weight excluding hydrogens is 140 g/mol. The highest BCUT2D eigenvalue weighted by molar-refractivity contribution is 5.74. The molecule has 1 saturated carbocycles. The lowest BCUT2D eigenvalue weighted by atomic mass is 9.94. The van der Waals surface area contributed by atoms with Crippen molar-refractivity contribution in [2.45, 2.75) is 33.6 Å². The second kappa shape index (κ2) is 2.50. The molecule has 1 rings (SSSR count). The van der Waals surface area contributed by atoms with Crippen LogP contribution in [-0.4, -0.2) is 11.1 Å². The van der Waals surface area contributed by atoms with E-state index < -0.39 is 5.97 Å². The average molecular weight is 156 g/mol. The first kappa shape index (κ1) is 8.57. The number of hydrogen-bond donors (Lipinski definition) is 1. The average Bonchev–Trinajstić information content (AvgIpc) is 2.39. The van der Waals surface area contributed by atoms with Gasteiger partial charge in [0.05, 0.1) is 5.92 Å². The third kappa shape index (κ3) is 1.73. The second-order valence-corrected chi connectivity index (χ2v) is 4.35. The molecular formula is C9H16O2. The van der Waals surface area contributed by atoms with Crippen LogP contribution in [0.25, 0.3) is 0 Å². The van der Waals surface area contributed by atoms with E-state index in [4.69, 9.17) is 5.11 Å². The van der Waals surface area contributed by atoms with Crippen LogP contribution in [0.4, 0.5) is 0 Å². The van der Waals surface area contributed by atoms with Crippen molar-refractivity contribution in [1.82, 2.24) is 0 Å². The summed E-state index contributed by atoms with van der Waals surface area (Å²) in [5.74, 6) is -0.0672. The molecule has 1 aliphatic carbocycles. The highest BCUT2D eigenvalue weighted by Crippen LogP contribution is 2.56. The largest absolute Gasteiger partial charge is 0.481 e. The quantitative estimate of drug-likeness (QED) is 0.679. The highest BCUT2D eigenvalue weighted by Gasteiger charge is 2.54. The number of aliphatic carboxylic acids is 1. The van der Waals surface area contributed by atoms with Gasteiger partial charge in [-0.25, -0.2) is 0 Å². The zero-order valence-electron chi connectivity index (χ0n) is 7.42. The van der Waals surface area contributed by atoms with Crippen LogP contribution in [0, 0.1) is 17.3 Å². The van der Waals surface area contributed by atoms with Crippen molar-refractivity contribution in [3.05, 3.63) is 0 Å². The van der Waals surface area contributed by atoms with Gasteiger partial charge in [-0.3, -0.25) is 4.79 Å². The molecule has 0 aliphatic heterocycles. The number of carboxylic acid groups (broad SMARTS) is 1. The molecule has 64 valence electrons. The Balaban J connectivity index is 2.43. The predicted octanol–water partition coefficient (Wildman–Crippen LogP) is 2.14. The summed E-state index contributed by atoms with van der Waals surface area (Å²) in [5.41, 5.74) is 0.111.